The summed E-state index contributed by atoms with van der Waals surface area (Å²) in [6.45, 7) is 3.14. The molecule has 15 heteroatoms. The number of esters is 1. The van der Waals surface area contributed by atoms with Crippen molar-refractivity contribution in [3.8, 4) is 5.75 Å². The fourth-order valence-corrected chi connectivity index (χ4v) is 6.62. The molecule has 1 aliphatic rings. The zero-order chi connectivity index (χ0) is 28.8. The van der Waals surface area contributed by atoms with Crippen LogP contribution < -0.4 is 15.8 Å². The van der Waals surface area contributed by atoms with Crippen molar-refractivity contribution in [1.82, 2.24) is 9.55 Å². The second-order valence-corrected chi connectivity index (χ2v) is 13.7. The standard InChI is InChI=1S/C24H31BrClN2O10P/c1-15(11-35-21(31)16(2)12-34-3)14-39(33,38-17-7-5-4-6-8-17)36-13-18-20(30)24(25,26)22(37-18)28-10-9-19(29)27-23(28)32/h4-10,15-16,18,20,22,30H,11-14H2,1-3H3,(H,27,29,32)/t15-,16?,18+,20+,22+,24-,39?/m0/s1. The second-order valence-electron chi connectivity index (χ2n) is 9.25. The molecule has 2 heterocycles. The molecule has 0 amide bonds. The third-order valence-electron chi connectivity index (χ3n) is 5.77. The van der Waals surface area contributed by atoms with Gasteiger partial charge in [-0.1, -0.05) is 52.7 Å². The number of carbonyl (C=O) groups excluding carboxylic acids is 1. The highest BCUT2D eigenvalue weighted by molar-refractivity contribution is 9.10. The number of aromatic nitrogens is 2. The van der Waals surface area contributed by atoms with Crippen molar-refractivity contribution in [2.24, 2.45) is 11.8 Å². The zero-order valence-electron chi connectivity index (χ0n) is 21.5. The van der Waals surface area contributed by atoms with Gasteiger partial charge >= 0.3 is 19.3 Å². The summed E-state index contributed by atoms with van der Waals surface area (Å²) in [5, 5.41) is 10.8. The molecule has 1 fully saturated rings. The molecule has 1 aliphatic heterocycles. The maximum absolute atomic E-state index is 13.9. The Labute approximate surface area is 238 Å². The summed E-state index contributed by atoms with van der Waals surface area (Å²) in [7, 11) is -2.42. The lowest BCUT2D eigenvalue weighted by molar-refractivity contribution is -0.150. The quantitative estimate of drug-likeness (QED) is 0.187. The Morgan fingerprint density at radius 1 is 1.26 bits per heavy atom. The first kappa shape index (κ1) is 31.5. The van der Waals surface area contributed by atoms with E-state index in [1.165, 1.54) is 13.3 Å². The van der Waals surface area contributed by atoms with Crippen molar-refractivity contribution in [3.63, 3.8) is 0 Å². The summed E-state index contributed by atoms with van der Waals surface area (Å²) < 4.78 is 40.8. The molecule has 0 aliphatic carbocycles. The minimum Gasteiger partial charge on any atom is -0.465 e. The van der Waals surface area contributed by atoms with Gasteiger partial charge in [0.25, 0.3) is 5.56 Å². The predicted octanol–water partition coefficient (Wildman–Crippen LogP) is 2.88. The van der Waals surface area contributed by atoms with Gasteiger partial charge in [-0.15, -0.1) is 0 Å². The molecule has 0 bridgehead atoms. The van der Waals surface area contributed by atoms with E-state index in [-0.39, 0.29) is 25.1 Å². The van der Waals surface area contributed by atoms with Gasteiger partial charge in [-0.25, -0.2) is 9.36 Å². The SMILES string of the molecule is COCC(C)C(=O)OC[C@H](C)CP(=O)(OC[C@H]1O[C@@H](n2ccc(=O)[nH]c2=O)[C@](Cl)(Br)[C@@H]1O)Oc1ccccc1. The molecule has 12 nitrogen and oxygen atoms in total. The van der Waals surface area contributed by atoms with Crippen LogP contribution in [0.25, 0.3) is 0 Å². The monoisotopic (exact) mass is 652 g/mol. The maximum atomic E-state index is 13.9. The number of para-hydroxylation sites is 1. The lowest BCUT2D eigenvalue weighted by Crippen LogP contribution is -2.40. The number of rotatable bonds is 13. The number of aliphatic hydroxyl groups is 1. The number of nitrogens with zero attached hydrogens (tertiary/aromatic N) is 1. The Morgan fingerprint density at radius 2 is 1.95 bits per heavy atom. The van der Waals surface area contributed by atoms with Gasteiger partial charge in [0.2, 0.25) is 0 Å². The lowest BCUT2D eigenvalue weighted by atomic mass is 10.2. The van der Waals surface area contributed by atoms with Crippen LogP contribution in [0, 0.1) is 11.8 Å². The average Bonchev–Trinajstić information content (AvgIpc) is 3.10. The van der Waals surface area contributed by atoms with E-state index in [2.05, 4.69) is 20.9 Å². The van der Waals surface area contributed by atoms with Crippen molar-refractivity contribution in [1.29, 1.82) is 0 Å². The molecule has 216 valence electrons. The lowest BCUT2D eigenvalue weighted by Gasteiger charge is -2.25. The average molecular weight is 654 g/mol. The van der Waals surface area contributed by atoms with Crippen molar-refractivity contribution in [2.45, 2.75) is 36.1 Å². The van der Waals surface area contributed by atoms with Gasteiger partial charge in [0, 0.05) is 25.3 Å². The maximum Gasteiger partial charge on any atom is 0.379 e. The van der Waals surface area contributed by atoms with Gasteiger partial charge < -0.3 is 23.8 Å². The number of ether oxygens (including phenoxy) is 3. The van der Waals surface area contributed by atoms with Gasteiger partial charge in [-0.3, -0.25) is 23.7 Å². The highest BCUT2D eigenvalue weighted by Gasteiger charge is 2.55. The molecule has 0 spiro atoms. The Bertz CT molecular complexity index is 1270. The van der Waals surface area contributed by atoms with Crippen LogP contribution >= 0.6 is 35.1 Å². The first-order valence-corrected chi connectivity index (χ1v) is 14.9. The Hall–Kier alpha value is -1.99. The van der Waals surface area contributed by atoms with Crippen LogP contribution in [-0.4, -0.2) is 69.7 Å². The van der Waals surface area contributed by atoms with Gasteiger partial charge in [0.1, 0.15) is 18.0 Å². The molecule has 1 aromatic carbocycles. The fraction of sp³-hybridized carbons (Fsp3) is 0.542. The van der Waals surface area contributed by atoms with Crippen LogP contribution in [-0.2, 0) is 28.1 Å². The number of hydrogen-bond donors (Lipinski definition) is 2. The van der Waals surface area contributed by atoms with E-state index in [9.17, 15) is 24.1 Å². The Morgan fingerprint density at radius 3 is 2.59 bits per heavy atom. The molecule has 1 aromatic heterocycles. The van der Waals surface area contributed by atoms with Crippen molar-refractivity contribution >= 4 is 41.1 Å². The number of aromatic amines is 1. The zero-order valence-corrected chi connectivity index (χ0v) is 24.8. The van der Waals surface area contributed by atoms with Crippen LogP contribution in [0.3, 0.4) is 0 Å². The van der Waals surface area contributed by atoms with Crippen LogP contribution in [0.4, 0.5) is 0 Å². The Balaban J connectivity index is 1.73. The first-order chi connectivity index (χ1) is 18.4. The van der Waals surface area contributed by atoms with Crippen LogP contribution in [0.5, 0.6) is 5.75 Å². The summed E-state index contributed by atoms with van der Waals surface area (Å²) in [6, 6.07) is 9.48. The minimum absolute atomic E-state index is 0.0374. The van der Waals surface area contributed by atoms with Crippen LogP contribution in [0.15, 0.2) is 52.2 Å². The fourth-order valence-electron chi connectivity index (χ4n) is 3.78. The summed E-state index contributed by atoms with van der Waals surface area (Å²) in [5.41, 5.74) is -1.41. The number of alkyl halides is 2. The number of methoxy groups -OCH3 is 1. The summed E-state index contributed by atoms with van der Waals surface area (Å²) in [4.78, 5) is 38.0. The summed E-state index contributed by atoms with van der Waals surface area (Å²) in [5.74, 6) is -1.06. The highest BCUT2D eigenvalue weighted by atomic mass is 79.9. The van der Waals surface area contributed by atoms with Crippen molar-refractivity contribution in [2.75, 3.05) is 33.1 Å². The number of hydrogen-bond acceptors (Lipinski definition) is 10. The number of nitrogens with one attached hydrogen (secondary N) is 1. The molecule has 1 saturated heterocycles. The normalized spacial score (nSPS) is 25.9. The molecule has 7 atom stereocenters. The molecule has 3 rings (SSSR count). The van der Waals surface area contributed by atoms with E-state index in [4.69, 9.17) is 34.9 Å². The van der Waals surface area contributed by atoms with E-state index in [0.29, 0.717) is 0 Å². The second kappa shape index (κ2) is 13.6. The van der Waals surface area contributed by atoms with Gasteiger partial charge in [-0.2, -0.15) is 0 Å². The molecular formula is C24H31BrClN2O10P. The smallest absolute Gasteiger partial charge is 0.379 e. The molecule has 2 aromatic rings. The summed E-state index contributed by atoms with van der Waals surface area (Å²) in [6.07, 6.45) is -2.75. The van der Waals surface area contributed by atoms with Crippen LogP contribution in [0.1, 0.15) is 20.1 Å². The van der Waals surface area contributed by atoms with Crippen molar-refractivity contribution < 1.29 is 37.7 Å². The van der Waals surface area contributed by atoms with Gasteiger partial charge in [0.05, 0.1) is 31.9 Å². The third kappa shape index (κ3) is 8.26. The number of halogens is 2. The highest BCUT2D eigenvalue weighted by Crippen LogP contribution is 2.52. The number of aliphatic hydroxyl groups excluding tert-OH is 1. The van der Waals surface area contributed by atoms with Crippen molar-refractivity contribution in [3.05, 3.63) is 63.4 Å². The molecule has 2 N–H and O–H groups in total. The van der Waals surface area contributed by atoms with E-state index in [1.54, 1.807) is 44.2 Å². The number of benzene rings is 1. The Kier molecular flexibility index (Phi) is 11.0. The number of H-pyrrole nitrogens is 1. The first-order valence-electron chi connectivity index (χ1n) is 12.0. The number of carbonyl (C=O) groups is 1. The largest absolute Gasteiger partial charge is 0.465 e. The molecule has 0 radical (unpaired) electrons. The van der Waals surface area contributed by atoms with E-state index in [0.717, 1.165) is 10.6 Å². The van der Waals surface area contributed by atoms with E-state index < -0.39 is 65.5 Å². The van der Waals surface area contributed by atoms with Gasteiger partial charge in [-0.05, 0) is 19.1 Å². The molecule has 0 saturated carbocycles. The van der Waals surface area contributed by atoms with E-state index >= 15 is 0 Å². The predicted molar refractivity (Wildman–Crippen MR) is 145 cm³/mol. The molecule has 39 heavy (non-hydrogen) atoms. The molecular weight excluding hydrogens is 623 g/mol. The van der Waals surface area contributed by atoms with E-state index in [1.807, 2.05) is 0 Å². The molecule has 2 unspecified atom stereocenters. The summed E-state index contributed by atoms with van der Waals surface area (Å²) >= 11 is 9.69. The van der Waals surface area contributed by atoms with Crippen LogP contribution in [0.2, 0.25) is 0 Å². The van der Waals surface area contributed by atoms with Gasteiger partial charge in [0.15, 0.2) is 10.0 Å². The topological polar surface area (TPSA) is 155 Å². The minimum atomic E-state index is -3.90. The third-order valence-corrected chi connectivity index (χ3v) is 9.14.